The van der Waals surface area contributed by atoms with E-state index in [1.165, 1.54) is 6.33 Å². The lowest BCUT2D eigenvalue weighted by Gasteiger charge is -2.04. The number of nitrogens with zero attached hydrogens (tertiary/aromatic N) is 1. The molecule has 1 aromatic carbocycles. The lowest BCUT2D eigenvalue weighted by Crippen LogP contribution is -2.14. The van der Waals surface area contributed by atoms with Crippen molar-refractivity contribution in [1.29, 1.82) is 0 Å². The van der Waals surface area contributed by atoms with E-state index in [0.29, 0.717) is 0 Å². The van der Waals surface area contributed by atoms with Gasteiger partial charge in [0.15, 0.2) is 5.82 Å². The number of imidazole rings is 1. The molecule has 0 aliphatic heterocycles. The topological polar surface area (TPSA) is 83.8 Å². The molecule has 1 heterocycles. The number of benzene rings is 1. The first-order valence-electron chi connectivity index (χ1n) is 4.83. The van der Waals surface area contributed by atoms with Crippen molar-refractivity contribution in [3.8, 4) is 0 Å². The van der Waals surface area contributed by atoms with Crippen molar-refractivity contribution in [2.75, 3.05) is 11.1 Å². The molecule has 82 valence electrons. The van der Waals surface area contributed by atoms with Gasteiger partial charge in [0.05, 0.1) is 6.33 Å². The van der Waals surface area contributed by atoms with Crippen molar-refractivity contribution in [3.05, 3.63) is 41.9 Å². The predicted octanol–water partition coefficient (Wildman–Crippen LogP) is 1.55. The molecule has 0 unspecified atom stereocenters. The van der Waals surface area contributed by atoms with Gasteiger partial charge in [-0.15, -0.1) is 0 Å². The Morgan fingerprint density at radius 1 is 1.38 bits per heavy atom. The molecule has 0 atom stereocenters. The quantitative estimate of drug-likeness (QED) is 0.712. The Hall–Kier alpha value is -2.30. The number of amides is 1. The van der Waals surface area contributed by atoms with Crippen LogP contribution in [0.3, 0.4) is 0 Å². The van der Waals surface area contributed by atoms with E-state index in [4.69, 9.17) is 5.73 Å². The average Bonchev–Trinajstić information content (AvgIpc) is 2.68. The number of hydrogen-bond acceptors (Lipinski definition) is 3. The van der Waals surface area contributed by atoms with E-state index in [-0.39, 0.29) is 17.4 Å². The Morgan fingerprint density at radius 3 is 2.62 bits per heavy atom. The second-order valence-electron chi connectivity index (χ2n) is 3.48. The van der Waals surface area contributed by atoms with E-state index in [0.717, 1.165) is 11.3 Å². The number of carbonyl (C=O) groups excluding carboxylic acids is 1. The third-order valence-corrected chi connectivity index (χ3v) is 2.21. The average molecular weight is 216 g/mol. The molecule has 5 heteroatoms. The van der Waals surface area contributed by atoms with Crippen molar-refractivity contribution in [1.82, 2.24) is 9.97 Å². The molecule has 16 heavy (non-hydrogen) atoms. The second kappa shape index (κ2) is 4.06. The molecule has 5 nitrogen and oxygen atoms in total. The van der Waals surface area contributed by atoms with Crippen LogP contribution in [0.2, 0.25) is 0 Å². The van der Waals surface area contributed by atoms with Gasteiger partial charge in [-0.2, -0.15) is 0 Å². The molecule has 0 aliphatic rings. The van der Waals surface area contributed by atoms with Gasteiger partial charge < -0.3 is 16.0 Å². The molecule has 4 N–H and O–H groups in total. The largest absolute Gasteiger partial charge is 0.382 e. The van der Waals surface area contributed by atoms with Crippen LogP contribution in [0.15, 0.2) is 30.6 Å². The number of aryl methyl sites for hydroxylation is 1. The summed E-state index contributed by atoms with van der Waals surface area (Å²) >= 11 is 0. The zero-order valence-electron chi connectivity index (χ0n) is 8.82. The summed E-state index contributed by atoms with van der Waals surface area (Å²) in [6.07, 6.45) is 1.39. The van der Waals surface area contributed by atoms with Crippen LogP contribution in [0.1, 0.15) is 16.1 Å². The van der Waals surface area contributed by atoms with Gasteiger partial charge in [-0.1, -0.05) is 17.7 Å². The summed E-state index contributed by atoms with van der Waals surface area (Å²) in [4.78, 5) is 18.2. The highest BCUT2D eigenvalue weighted by Crippen LogP contribution is 2.11. The van der Waals surface area contributed by atoms with Gasteiger partial charge in [0.2, 0.25) is 0 Å². The molecule has 2 aromatic rings. The van der Waals surface area contributed by atoms with Crippen molar-refractivity contribution in [3.63, 3.8) is 0 Å². The number of aromatic nitrogens is 2. The first-order chi connectivity index (χ1) is 7.66. The SMILES string of the molecule is Cc1ccc(NC(=O)c2[nH]cnc2N)cc1. The maximum Gasteiger partial charge on any atom is 0.275 e. The molecule has 0 saturated carbocycles. The van der Waals surface area contributed by atoms with Gasteiger partial charge in [0.25, 0.3) is 5.91 Å². The molecule has 0 radical (unpaired) electrons. The highest BCUT2D eigenvalue weighted by molar-refractivity contribution is 6.05. The van der Waals surface area contributed by atoms with Crippen molar-refractivity contribution >= 4 is 17.4 Å². The smallest absolute Gasteiger partial charge is 0.275 e. The molecular formula is C11H12N4O. The Morgan fingerprint density at radius 2 is 2.06 bits per heavy atom. The summed E-state index contributed by atoms with van der Waals surface area (Å²) < 4.78 is 0. The Balaban J connectivity index is 2.14. The van der Waals surface area contributed by atoms with Gasteiger partial charge in [-0.3, -0.25) is 4.79 Å². The minimum Gasteiger partial charge on any atom is -0.382 e. The fraction of sp³-hybridized carbons (Fsp3) is 0.0909. The van der Waals surface area contributed by atoms with Gasteiger partial charge >= 0.3 is 0 Å². The number of anilines is 2. The second-order valence-corrected chi connectivity index (χ2v) is 3.48. The zero-order chi connectivity index (χ0) is 11.5. The summed E-state index contributed by atoms with van der Waals surface area (Å²) in [5, 5.41) is 2.72. The lowest BCUT2D eigenvalue weighted by atomic mass is 10.2. The molecule has 0 fully saturated rings. The van der Waals surface area contributed by atoms with Crippen LogP contribution < -0.4 is 11.1 Å². The maximum atomic E-state index is 11.7. The number of nitrogen functional groups attached to an aromatic ring is 1. The zero-order valence-corrected chi connectivity index (χ0v) is 8.82. The third kappa shape index (κ3) is 2.03. The fourth-order valence-corrected chi connectivity index (χ4v) is 1.32. The standard InChI is InChI=1S/C11H12N4O/c1-7-2-4-8(5-3-7)15-11(16)9-10(12)14-6-13-9/h2-6H,12H2,1H3,(H,13,14)(H,15,16). The maximum absolute atomic E-state index is 11.7. The third-order valence-electron chi connectivity index (χ3n) is 2.21. The van der Waals surface area contributed by atoms with Crippen LogP contribution >= 0.6 is 0 Å². The van der Waals surface area contributed by atoms with E-state index in [1.54, 1.807) is 0 Å². The van der Waals surface area contributed by atoms with Crippen LogP contribution in [-0.2, 0) is 0 Å². The Bertz CT molecular complexity index is 501. The van der Waals surface area contributed by atoms with Crippen LogP contribution in [0.5, 0.6) is 0 Å². The molecule has 1 aromatic heterocycles. The highest BCUT2D eigenvalue weighted by Gasteiger charge is 2.11. The van der Waals surface area contributed by atoms with E-state index < -0.39 is 0 Å². The molecule has 0 aliphatic carbocycles. The number of rotatable bonds is 2. The van der Waals surface area contributed by atoms with Gasteiger partial charge in [-0.05, 0) is 19.1 Å². The van der Waals surface area contributed by atoms with Crippen molar-refractivity contribution in [2.45, 2.75) is 6.92 Å². The molecule has 0 bridgehead atoms. The van der Waals surface area contributed by atoms with E-state index in [2.05, 4.69) is 15.3 Å². The molecule has 0 saturated heterocycles. The van der Waals surface area contributed by atoms with E-state index >= 15 is 0 Å². The van der Waals surface area contributed by atoms with E-state index in [1.807, 2.05) is 31.2 Å². The normalized spacial score (nSPS) is 10.1. The van der Waals surface area contributed by atoms with Crippen LogP contribution in [0.25, 0.3) is 0 Å². The predicted molar refractivity (Wildman–Crippen MR) is 62.1 cm³/mol. The van der Waals surface area contributed by atoms with Gasteiger partial charge in [0.1, 0.15) is 5.69 Å². The first-order valence-corrected chi connectivity index (χ1v) is 4.83. The minimum absolute atomic E-state index is 0.199. The number of H-pyrrole nitrogens is 1. The number of hydrogen-bond donors (Lipinski definition) is 3. The van der Waals surface area contributed by atoms with Crippen LogP contribution in [0.4, 0.5) is 11.5 Å². The van der Waals surface area contributed by atoms with Gasteiger partial charge in [-0.25, -0.2) is 4.98 Å². The Labute approximate surface area is 92.7 Å². The number of nitrogens with two attached hydrogens (primary N) is 1. The van der Waals surface area contributed by atoms with Crippen LogP contribution in [0, 0.1) is 6.92 Å². The number of aromatic amines is 1. The summed E-state index contributed by atoms with van der Waals surface area (Å²) in [5.41, 5.74) is 7.66. The highest BCUT2D eigenvalue weighted by atomic mass is 16.1. The number of nitrogens with one attached hydrogen (secondary N) is 2. The molecule has 2 rings (SSSR count). The van der Waals surface area contributed by atoms with Gasteiger partial charge in [0, 0.05) is 5.69 Å². The Kier molecular flexibility index (Phi) is 2.59. The fourth-order valence-electron chi connectivity index (χ4n) is 1.32. The van der Waals surface area contributed by atoms with Crippen LogP contribution in [-0.4, -0.2) is 15.9 Å². The molecule has 1 amide bonds. The lowest BCUT2D eigenvalue weighted by molar-refractivity contribution is 0.102. The monoisotopic (exact) mass is 216 g/mol. The van der Waals surface area contributed by atoms with E-state index in [9.17, 15) is 4.79 Å². The molecular weight excluding hydrogens is 204 g/mol. The first kappa shape index (κ1) is 10.2. The summed E-state index contributed by atoms with van der Waals surface area (Å²) in [6, 6.07) is 7.51. The molecule has 0 spiro atoms. The van der Waals surface area contributed by atoms with Crippen molar-refractivity contribution in [2.24, 2.45) is 0 Å². The summed E-state index contributed by atoms with van der Waals surface area (Å²) in [6.45, 7) is 1.98. The summed E-state index contributed by atoms with van der Waals surface area (Å²) in [5.74, 6) is -0.0940. The summed E-state index contributed by atoms with van der Waals surface area (Å²) in [7, 11) is 0. The number of carbonyl (C=O) groups is 1. The van der Waals surface area contributed by atoms with Crippen molar-refractivity contribution < 1.29 is 4.79 Å². The minimum atomic E-state index is -0.293.